The van der Waals surface area contributed by atoms with Gasteiger partial charge in [-0.15, -0.1) is 0 Å². The molecule has 0 saturated carbocycles. The van der Waals surface area contributed by atoms with Gasteiger partial charge in [-0.05, 0) is 57.0 Å². The highest BCUT2D eigenvalue weighted by atomic mass is 79.9. The number of hydrogen-bond donors (Lipinski definition) is 1. The van der Waals surface area contributed by atoms with Crippen molar-refractivity contribution in [2.24, 2.45) is 0 Å². The number of benzene rings is 1. The Morgan fingerprint density at radius 3 is 2.56 bits per heavy atom. The number of carbonyl (C=O) groups excluding carboxylic acids is 2. The molecule has 0 aliphatic rings. The predicted octanol–water partition coefficient (Wildman–Crippen LogP) is 2.71. The first kappa shape index (κ1) is 13.2. The number of halogens is 2. The van der Waals surface area contributed by atoms with E-state index in [1.165, 1.54) is 0 Å². The molecule has 0 saturated heterocycles. The molecule has 0 aliphatic heterocycles. The van der Waals surface area contributed by atoms with E-state index in [2.05, 4.69) is 41.9 Å². The van der Waals surface area contributed by atoms with Gasteiger partial charge in [0, 0.05) is 14.6 Å². The third-order valence-electron chi connectivity index (χ3n) is 1.64. The third-order valence-corrected chi connectivity index (χ3v) is 3.52. The van der Waals surface area contributed by atoms with Crippen LogP contribution in [0.25, 0.3) is 0 Å². The second-order valence-corrected chi connectivity index (χ2v) is 4.51. The zero-order chi connectivity index (χ0) is 12.1. The van der Waals surface area contributed by atoms with Crippen LogP contribution in [0.5, 0.6) is 0 Å². The van der Waals surface area contributed by atoms with Gasteiger partial charge < -0.3 is 10.1 Å². The maximum Gasteiger partial charge on any atom is 0.397 e. The molecule has 1 N–H and O–H groups in total. The van der Waals surface area contributed by atoms with Crippen LogP contribution in [0.4, 0.5) is 5.69 Å². The molecule has 0 aromatic heterocycles. The van der Waals surface area contributed by atoms with Crippen molar-refractivity contribution in [1.82, 2.24) is 0 Å². The van der Waals surface area contributed by atoms with Crippen LogP contribution >= 0.6 is 31.9 Å². The molecule has 1 aromatic carbocycles. The van der Waals surface area contributed by atoms with Crippen LogP contribution in [0, 0.1) is 0 Å². The van der Waals surface area contributed by atoms with E-state index in [1.807, 2.05) is 0 Å². The molecule has 0 unspecified atom stereocenters. The van der Waals surface area contributed by atoms with Gasteiger partial charge in [-0.1, -0.05) is 0 Å². The molecule has 1 amide bonds. The highest BCUT2D eigenvalue weighted by Gasteiger charge is 2.14. The Kier molecular flexibility index (Phi) is 4.95. The topological polar surface area (TPSA) is 55.4 Å². The van der Waals surface area contributed by atoms with Gasteiger partial charge in [-0.25, -0.2) is 4.79 Å². The molecule has 86 valence electrons. The van der Waals surface area contributed by atoms with E-state index in [1.54, 1.807) is 25.1 Å². The highest BCUT2D eigenvalue weighted by Crippen LogP contribution is 2.25. The lowest BCUT2D eigenvalue weighted by atomic mass is 10.3. The minimum atomic E-state index is -0.887. The van der Waals surface area contributed by atoms with Crippen molar-refractivity contribution in [3.8, 4) is 0 Å². The van der Waals surface area contributed by atoms with Gasteiger partial charge in [0.25, 0.3) is 0 Å². The average Bonchev–Trinajstić information content (AvgIpc) is 2.24. The summed E-state index contributed by atoms with van der Waals surface area (Å²) in [5, 5.41) is 2.43. The van der Waals surface area contributed by atoms with Gasteiger partial charge in [-0.3, -0.25) is 4.79 Å². The molecule has 1 rings (SSSR count). The second kappa shape index (κ2) is 6.00. The monoisotopic (exact) mass is 349 g/mol. The van der Waals surface area contributed by atoms with E-state index in [0.29, 0.717) is 5.69 Å². The Labute approximate surface area is 110 Å². The summed E-state index contributed by atoms with van der Waals surface area (Å²) >= 11 is 6.59. The van der Waals surface area contributed by atoms with Crippen molar-refractivity contribution >= 4 is 49.4 Å². The van der Waals surface area contributed by atoms with E-state index in [4.69, 9.17) is 0 Å². The van der Waals surface area contributed by atoms with Crippen LogP contribution in [0.1, 0.15) is 6.92 Å². The van der Waals surface area contributed by atoms with Crippen molar-refractivity contribution in [2.75, 3.05) is 11.9 Å². The minimum Gasteiger partial charge on any atom is -0.459 e. The lowest BCUT2D eigenvalue weighted by molar-refractivity contribution is -0.152. The third kappa shape index (κ3) is 3.61. The van der Waals surface area contributed by atoms with Crippen LogP contribution in [0.15, 0.2) is 27.1 Å². The first-order valence-corrected chi connectivity index (χ1v) is 6.06. The van der Waals surface area contributed by atoms with Crippen LogP contribution in [-0.4, -0.2) is 18.5 Å². The molecule has 0 atom stereocenters. The van der Waals surface area contributed by atoms with Crippen molar-refractivity contribution in [2.45, 2.75) is 6.92 Å². The summed E-state index contributed by atoms with van der Waals surface area (Å²) in [5.41, 5.74) is 0.521. The minimum absolute atomic E-state index is 0.177. The quantitative estimate of drug-likeness (QED) is 0.659. The molecular weight excluding hydrogens is 342 g/mol. The summed E-state index contributed by atoms with van der Waals surface area (Å²) in [5.74, 6) is -1.67. The van der Waals surface area contributed by atoms with E-state index in [0.717, 1.165) is 8.95 Å². The number of rotatable bonds is 2. The van der Waals surface area contributed by atoms with Crippen LogP contribution in [-0.2, 0) is 14.3 Å². The van der Waals surface area contributed by atoms with Crippen molar-refractivity contribution in [3.05, 3.63) is 27.1 Å². The molecule has 0 heterocycles. The van der Waals surface area contributed by atoms with Crippen LogP contribution < -0.4 is 5.32 Å². The molecule has 16 heavy (non-hydrogen) atoms. The first-order valence-electron chi connectivity index (χ1n) is 4.47. The molecular formula is C10H9Br2NO3. The Morgan fingerprint density at radius 2 is 2.00 bits per heavy atom. The fraction of sp³-hybridized carbons (Fsp3) is 0.200. The van der Waals surface area contributed by atoms with E-state index in [9.17, 15) is 9.59 Å². The molecule has 1 aromatic rings. The largest absolute Gasteiger partial charge is 0.459 e. The average molecular weight is 351 g/mol. The number of carbonyl (C=O) groups is 2. The Balaban J connectivity index is 2.70. The van der Waals surface area contributed by atoms with Gasteiger partial charge in [0.05, 0.1) is 6.61 Å². The molecule has 4 nitrogen and oxygen atoms in total. The summed E-state index contributed by atoms with van der Waals surface area (Å²) < 4.78 is 6.21. The number of ether oxygens (including phenoxy) is 1. The lowest BCUT2D eigenvalue weighted by Crippen LogP contribution is -2.24. The predicted molar refractivity (Wildman–Crippen MR) is 67.1 cm³/mol. The van der Waals surface area contributed by atoms with E-state index >= 15 is 0 Å². The number of nitrogens with one attached hydrogen (secondary N) is 1. The number of esters is 1. The smallest absolute Gasteiger partial charge is 0.397 e. The summed E-state index contributed by atoms with van der Waals surface area (Å²) in [4.78, 5) is 22.3. The van der Waals surface area contributed by atoms with Gasteiger partial charge in [0.2, 0.25) is 0 Å². The van der Waals surface area contributed by atoms with Crippen molar-refractivity contribution in [1.29, 1.82) is 0 Å². The van der Waals surface area contributed by atoms with Gasteiger partial charge in [-0.2, -0.15) is 0 Å². The summed E-state index contributed by atoms with van der Waals surface area (Å²) in [6, 6.07) is 5.11. The molecule has 0 spiro atoms. The highest BCUT2D eigenvalue weighted by molar-refractivity contribution is 9.13. The van der Waals surface area contributed by atoms with E-state index in [-0.39, 0.29) is 6.61 Å². The zero-order valence-corrected chi connectivity index (χ0v) is 11.6. The fourth-order valence-corrected chi connectivity index (χ4v) is 1.58. The standard InChI is InChI=1S/C10H9Br2NO3/c1-2-16-10(15)9(14)13-6-3-4-7(11)8(12)5-6/h3-5H,2H2,1H3,(H,13,14). The van der Waals surface area contributed by atoms with E-state index < -0.39 is 11.9 Å². The lowest BCUT2D eigenvalue weighted by Gasteiger charge is -2.05. The number of amides is 1. The van der Waals surface area contributed by atoms with Gasteiger partial charge in [0.15, 0.2) is 0 Å². The summed E-state index contributed by atoms with van der Waals surface area (Å²) in [6.45, 7) is 1.82. The normalized spacial score (nSPS) is 9.69. The van der Waals surface area contributed by atoms with Gasteiger partial charge >= 0.3 is 11.9 Å². The molecule has 0 bridgehead atoms. The fourth-order valence-electron chi connectivity index (χ4n) is 0.953. The second-order valence-electron chi connectivity index (χ2n) is 2.80. The van der Waals surface area contributed by atoms with Crippen molar-refractivity contribution in [3.63, 3.8) is 0 Å². The summed E-state index contributed by atoms with van der Waals surface area (Å²) in [7, 11) is 0. The Bertz CT molecular complexity index is 421. The van der Waals surface area contributed by atoms with Crippen molar-refractivity contribution < 1.29 is 14.3 Å². The molecule has 6 heteroatoms. The maximum absolute atomic E-state index is 11.3. The van der Waals surface area contributed by atoms with Crippen LogP contribution in [0.3, 0.4) is 0 Å². The van der Waals surface area contributed by atoms with Gasteiger partial charge in [0.1, 0.15) is 0 Å². The SMILES string of the molecule is CCOC(=O)C(=O)Nc1ccc(Br)c(Br)c1. The number of anilines is 1. The molecule has 0 aliphatic carbocycles. The Hall–Kier alpha value is -0.880. The summed E-state index contributed by atoms with van der Waals surface area (Å²) in [6.07, 6.45) is 0. The number of hydrogen-bond acceptors (Lipinski definition) is 3. The zero-order valence-electron chi connectivity index (χ0n) is 8.42. The Morgan fingerprint density at radius 1 is 1.31 bits per heavy atom. The molecule has 0 radical (unpaired) electrons. The maximum atomic E-state index is 11.3. The van der Waals surface area contributed by atoms with Crippen LogP contribution in [0.2, 0.25) is 0 Å². The molecule has 0 fully saturated rings. The first-order chi connectivity index (χ1) is 7.54.